The lowest BCUT2D eigenvalue weighted by Gasteiger charge is -2.26. The summed E-state index contributed by atoms with van der Waals surface area (Å²) in [5.41, 5.74) is -0.268. The Labute approximate surface area is 68.5 Å². The molecule has 1 unspecified atom stereocenters. The molecule has 0 radical (unpaired) electrons. The summed E-state index contributed by atoms with van der Waals surface area (Å²) in [6.07, 6.45) is 3.74. The average molecular weight is 156 g/mol. The van der Waals surface area contributed by atoms with Crippen molar-refractivity contribution >= 4 is 0 Å². The van der Waals surface area contributed by atoms with E-state index in [1.807, 2.05) is 13.8 Å². The second-order valence-electron chi connectivity index (χ2n) is 2.57. The predicted molar refractivity (Wildman–Crippen MR) is 46.1 cm³/mol. The van der Waals surface area contributed by atoms with Gasteiger partial charge >= 0.3 is 0 Å². The fraction of sp³-hybridized carbons (Fsp3) is 0.556. The number of hydrogen-bond donors (Lipinski definition) is 0. The highest BCUT2D eigenvalue weighted by Gasteiger charge is 2.22. The van der Waals surface area contributed by atoms with Crippen LogP contribution in [0.4, 0.5) is 0 Å². The fourth-order valence-corrected chi connectivity index (χ4v) is 0.656. The van der Waals surface area contributed by atoms with Gasteiger partial charge in [0.25, 0.3) is 0 Å². The summed E-state index contributed by atoms with van der Waals surface area (Å²) >= 11 is 0. The summed E-state index contributed by atoms with van der Waals surface area (Å²) < 4.78 is 10.3. The monoisotopic (exact) mass is 156 g/mol. The lowest BCUT2D eigenvalue weighted by molar-refractivity contribution is -0.0189. The van der Waals surface area contributed by atoms with Crippen molar-refractivity contribution in [2.24, 2.45) is 0 Å². The summed E-state index contributed by atoms with van der Waals surface area (Å²) in [4.78, 5) is 0. The third-order valence-corrected chi connectivity index (χ3v) is 1.62. The Hall–Kier alpha value is -0.920. The van der Waals surface area contributed by atoms with Crippen molar-refractivity contribution in [3.63, 3.8) is 0 Å². The molecule has 0 fully saturated rings. The van der Waals surface area contributed by atoms with Crippen LogP contribution in [0.25, 0.3) is 0 Å². The summed E-state index contributed by atoms with van der Waals surface area (Å²) in [5.74, 6) is 0. The molecule has 2 heteroatoms. The van der Waals surface area contributed by atoms with Crippen molar-refractivity contribution < 1.29 is 9.47 Å². The van der Waals surface area contributed by atoms with Crippen LogP contribution in [0, 0.1) is 0 Å². The van der Waals surface area contributed by atoms with Crippen LogP contribution in [-0.2, 0) is 9.47 Å². The normalized spacial score (nSPS) is 14.7. The molecule has 0 spiro atoms. The zero-order valence-corrected chi connectivity index (χ0v) is 7.30. The van der Waals surface area contributed by atoms with E-state index >= 15 is 0 Å². The van der Waals surface area contributed by atoms with Gasteiger partial charge in [0, 0.05) is 0 Å². The van der Waals surface area contributed by atoms with Crippen molar-refractivity contribution in [1.82, 2.24) is 0 Å². The molecule has 1 atom stereocenters. The van der Waals surface area contributed by atoms with E-state index in [4.69, 9.17) is 9.47 Å². The van der Waals surface area contributed by atoms with E-state index in [1.165, 1.54) is 12.5 Å². The highest BCUT2D eigenvalue weighted by Crippen LogP contribution is 2.15. The maximum Gasteiger partial charge on any atom is 0.139 e. The van der Waals surface area contributed by atoms with Crippen LogP contribution in [0.15, 0.2) is 25.7 Å². The molecule has 0 aromatic carbocycles. The van der Waals surface area contributed by atoms with E-state index in [2.05, 4.69) is 13.2 Å². The van der Waals surface area contributed by atoms with Crippen LogP contribution in [-0.4, -0.2) is 12.2 Å². The van der Waals surface area contributed by atoms with Gasteiger partial charge in [-0.2, -0.15) is 0 Å². The molecule has 0 heterocycles. The molecule has 0 amide bonds. The van der Waals surface area contributed by atoms with Gasteiger partial charge < -0.3 is 9.47 Å². The van der Waals surface area contributed by atoms with Crippen LogP contribution in [0.1, 0.15) is 20.3 Å². The maximum absolute atomic E-state index is 5.27. The lowest BCUT2D eigenvalue weighted by atomic mass is 10.1. The molecular formula is C9H16O2. The molecule has 11 heavy (non-hydrogen) atoms. The Kier molecular flexibility index (Phi) is 4.42. The molecule has 0 aliphatic carbocycles. The summed E-state index contributed by atoms with van der Waals surface area (Å²) in [7, 11) is 0. The van der Waals surface area contributed by atoms with Crippen LogP contribution in [0.3, 0.4) is 0 Å². The summed E-state index contributed by atoms with van der Waals surface area (Å²) in [6, 6.07) is 0. The van der Waals surface area contributed by atoms with Gasteiger partial charge in [0.2, 0.25) is 0 Å². The molecule has 64 valence electrons. The van der Waals surface area contributed by atoms with Crippen LogP contribution in [0.5, 0.6) is 0 Å². The third-order valence-electron chi connectivity index (χ3n) is 1.62. The van der Waals surface area contributed by atoms with Crippen LogP contribution >= 0.6 is 0 Å². The van der Waals surface area contributed by atoms with Gasteiger partial charge in [-0.05, 0) is 13.3 Å². The van der Waals surface area contributed by atoms with Crippen molar-refractivity contribution in [1.29, 1.82) is 0 Å². The molecule has 0 saturated heterocycles. The lowest BCUT2D eigenvalue weighted by Crippen LogP contribution is -2.31. The quantitative estimate of drug-likeness (QED) is 0.550. The molecule has 0 bridgehead atoms. The molecule has 0 aromatic rings. The Morgan fingerprint density at radius 1 is 1.36 bits per heavy atom. The maximum atomic E-state index is 5.27. The molecular weight excluding hydrogens is 140 g/mol. The topological polar surface area (TPSA) is 18.5 Å². The van der Waals surface area contributed by atoms with Gasteiger partial charge in [-0.25, -0.2) is 0 Å². The van der Waals surface area contributed by atoms with Crippen LogP contribution < -0.4 is 0 Å². The zero-order chi connectivity index (χ0) is 8.74. The Morgan fingerprint density at radius 3 is 2.36 bits per heavy atom. The highest BCUT2D eigenvalue weighted by atomic mass is 16.5. The van der Waals surface area contributed by atoms with Crippen molar-refractivity contribution in [2.75, 3.05) is 6.61 Å². The summed E-state index contributed by atoms with van der Waals surface area (Å²) in [5, 5.41) is 0. The second-order valence-corrected chi connectivity index (χ2v) is 2.57. The van der Waals surface area contributed by atoms with Gasteiger partial charge in [-0.1, -0.05) is 20.1 Å². The van der Waals surface area contributed by atoms with E-state index in [0.717, 1.165) is 6.42 Å². The molecule has 0 aromatic heterocycles. The molecule has 0 aliphatic heterocycles. The Bertz CT molecular complexity index is 132. The van der Waals surface area contributed by atoms with Gasteiger partial charge in [0.05, 0.1) is 12.5 Å². The van der Waals surface area contributed by atoms with E-state index in [0.29, 0.717) is 6.61 Å². The second kappa shape index (κ2) is 4.83. The van der Waals surface area contributed by atoms with E-state index in [-0.39, 0.29) is 5.60 Å². The minimum absolute atomic E-state index is 0.268. The van der Waals surface area contributed by atoms with E-state index in [9.17, 15) is 0 Å². The minimum atomic E-state index is -0.268. The van der Waals surface area contributed by atoms with Crippen molar-refractivity contribution in [3.05, 3.63) is 25.7 Å². The van der Waals surface area contributed by atoms with Gasteiger partial charge in [0.1, 0.15) is 12.2 Å². The van der Waals surface area contributed by atoms with E-state index in [1.54, 1.807) is 0 Å². The molecule has 2 nitrogen and oxygen atoms in total. The number of ether oxygens (including phenoxy) is 2. The standard InChI is InChI=1S/C9H16O2/c1-5-9(4,11-7-3)8-10-6-2/h6-7H,2-3,5,8H2,1,4H3. The number of rotatable bonds is 6. The van der Waals surface area contributed by atoms with Gasteiger partial charge in [-0.3, -0.25) is 0 Å². The first kappa shape index (κ1) is 10.1. The third kappa shape index (κ3) is 3.71. The van der Waals surface area contributed by atoms with Crippen molar-refractivity contribution in [3.8, 4) is 0 Å². The molecule has 0 aliphatic rings. The zero-order valence-electron chi connectivity index (χ0n) is 7.30. The predicted octanol–water partition coefficient (Wildman–Crippen LogP) is 2.48. The van der Waals surface area contributed by atoms with Crippen molar-refractivity contribution in [2.45, 2.75) is 25.9 Å². The minimum Gasteiger partial charge on any atom is -0.498 e. The van der Waals surface area contributed by atoms with Gasteiger partial charge in [0.15, 0.2) is 0 Å². The van der Waals surface area contributed by atoms with E-state index < -0.39 is 0 Å². The Balaban J connectivity index is 3.86. The summed E-state index contributed by atoms with van der Waals surface area (Å²) in [6.45, 7) is 11.5. The highest BCUT2D eigenvalue weighted by molar-refractivity contribution is 4.76. The largest absolute Gasteiger partial charge is 0.498 e. The Morgan fingerprint density at radius 2 is 2.00 bits per heavy atom. The molecule has 0 saturated carbocycles. The SMILES string of the molecule is C=COCC(C)(CC)OC=C. The van der Waals surface area contributed by atoms with Crippen LogP contribution in [0.2, 0.25) is 0 Å². The number of hydrogen-bond acceptors (Lipinski definition) is 2. The molecule has 0 rings (SSSR count). The first-order valence-electron chi connectivity index (χ1n) is 3.69. The fourth-order valence-electron chi connectivity index (χ4n) is 0.656. The first-order valence-corrected chi connectivity index (χ1v) is 3.69. The first-order chi connectivity index (χ1) is 5.18. The molecule has 0 N–H and O–H groups in total. The smallest absolute Gasteiger partial charge is 0.139 e. The van der Waals surface area contributed by atoms with Gasteiger partial charge in [-0.15, -0.1) is 0 Å². The average Bonchev–Trinajstić information content (AvgIpc) is 2.02.